The molecule has 1 aromatic carbocycles. The summed E-state index contributed by atoms with van der Waals surface area (Å²) in [6, 6.07) is 3.19. The number of fused-ring (bicyclic) bond motifs is 2. The highest BCUT2D eigenvalue weighted by atomic mass is 19.3. The fraction of sp³-hybridized carbons (Fsp3) is 0.739. The Labute approximate surface area is 160 Å². The van der Waals surface area contributed by atoms with Gasteiger partial charge in [0.15, 0.2) is 11.6 Å². The monoisotopic (exact) mass is 380 g/mol. The summed E-state index contributed by atoms with van der Waals surface area (Å²) < 4.78 is 43.7. The molecule has 4 rings (SSSR count). The molecule has 2 fully saturated rings. The van der Waals surface area contributed by atoms with Crippen LogP contribution < -0.4 is 4.74 Å². The van der Waals surface area contributed by atoms with Gasteiger partial charge in [-0.2, -0.15) is 8.78 Å². The van der Waals surface area contributed by atoms with Crippen LogP contribution in [0.3, 0.4) is 0 Å². The van der Waals surface area contributed by atoms with E-state index in [0.29, 0.717) is 17.9 Å². The molecule has 0 heterocycles. The van der Waals surface area contributed by atoms with Gasteiger partial charge in [0.1, 0.15) is 0 Å². The van der Waals surface area contributed by atoms with Crippen LogP contribution in [0, 0.1) is 35.4 Å². The summed E-state index contributed by atoms with van der Waals surface area (Å²) in [6.45, 7) is -0.653. The van der Waals surface area contributed by atoms with Crippen molar-refractivity contribution in [3.63, 3.8) is 0 Å². The van der Waals surface area contributed by atoms with Crippen LogP contribution in [0.1, 0.15) is 69.4 Å². The van der Waals surface area contributed by atoms with Gasteiger partial charge in [-0.1, -0.05) is 25.8 Å². The Hall–Kier alpha value is -1.19. The highest BCUT2D eigenvalue weighted by Gasteiger charge is 2.38. The molecular weight excluding hydrogens is 349 g/mol. The minimum atomic E-state index is -2.98. The van der Waals surface area contributed by atoms with Gasteiger partial charge in [0, 0.05) is 0 Å². The second kappa shape index (κ2) is 8.05. The first-order valence-corrected chi connectivity index (χ1v) is 10.8. The quantitative estimate of drug-likeness (QED) is 0.560. The van der Waals surface area contributed by atoms with Crippen molar-refractivity contribution in [2.75, 3.05) is 0 Å². The molecule has 0 saturated heterocycles. The summed E-state index contributed by atoms with van der Waals surface area (Å²) in [5, 5.41) is 0. The zero-order valence-corrected chi connectivity index (χ0v) is 16.2. The first kappa shape index (κ1) is 19.1. The van der Waals surface area contributed by atoms with E-state index in [-0.39, 0.29) is 5.75 Å². The third kappa shape index (κ3) is 4.00. The van der Waals surface area contributed by atoms with Crippen LogP contribution in [0.25, 0.3) is 0 Å². The molecule has 0 radical (unpaired) electrons. The van der Waals surface area contributed by atoms with Crippen LogP contribution in [0.4, 0.5) is 13.2 Å². The number of benzene rings is 1. The van der Waals surface area contributed by atoms with Crippen molar-refractivity contribution in [2.45, 2.75) is 77.7 Å². The summed E-state index contributed by atoms with van der Waals surface area (Å²) in [6.07, 6.45) is 12.1. The van der Waals surface area contributed by atoms with Gasteiger partial charge in [0.05, 0.1) is 0 Å². The number of ether oxygens (including phenoxy) is 1. The number of halogens is 3. The lowest BCUT2D eigenvalue weighted by Crippen LogP contribution is -2.35. The Bertz CT molecular complexity index is 659. The molecule has 3 aliphatic carbocycles. The number of hydrogen-bond acceptors (Lipinski definition) is 1. The minimum absolute atomic E-state index is 0.310. The lowest BCUT2D eigenvalue weighted by atomic mass is 9.61. The van der Waals surface area contributed by atoms with Gasteiger partial charge < -0.3 is 4.74 Å². The highest BCUT2D eigenvalue weighted by Crippen LogP contribution is 2.49. The van der Waals surface area contributed by atoms with Crippen LogP contribution in [0.5, 0.6) is 5.75 Å². The normalized spacial score (nSPS) is 33.4. The molecule has 0 spiro atoms. The van der Waals surface area contributed by atoms with E-state index >= 15 is 0 Å². The molecular formula is C23H31F3O. The summed E-state index contributed by atoms with van der Waals surface area (Å²) >= 11 is 0. The second-order valence-corrected chi connectivity index (χ2v) is 9.08. The molecule has 27 heavy (non-hydrogen) atoms. The van der Waals surface area contributed by atoms with Gasteiger partial charge in [-0.05, 0) is 98.1 Å². The third-order valence-corrected chi connectivity index (χ3v) is 7.77. The average Bonchev–Trinajstić information content (AvgIpc) is 2.68. The molecule has 4 heteroatoms. The first-order chi connectivity index (χ1) is 13.0. The van der Waals surface area contributed by atoms with E-state index in [1.165, 1.54) is 51.0 Å². The topological polar surface area (TPSA) is 9.23 Å². The van der Waals surface area contributed by atoms with Crippen molar-refractivity contribution in [3.8, 4) is 5.75 Å². The predicted molar refractivity (Wildman–Crippen MR) is 101 cm³/mol. The molecule has 0 amide bonds. The Morgan fingerprint density at radius 2 is 1.67 bits per heavy atom. The second-order valence-electron chi connectivity index (χ2n) is 9.08. The van der Waals surface area contributed by atoms with Crippen LogP contribution in [-0.4, -0.2) is 6.61 Å². The fourth-order valence-corrected chi connectivity index (χ4v) is 6.23. The molecule has 0 N–H and O–H groups in total. The SMILES string of the molecule is CCC1CCC2CC(C3CCc4c(ccc(OC(F)F)c4F)C3)CCC2C1. The molecule has 150 valence electrons. The predicted octanol–water partition coefficient (Wildman–Crippen LogP) is 6.77. The summed E-state index contributed by atoms with van der Waals surface area (Å²) in [5.74, 6) is 3.25. The average molecular weight is 380 g/mol. The third-order valence-electron chi connectivity index (χ3n) is 7.77. The summed E-state index contributed by atoms with van der Waals surface area (Å²) in [7, 11) is 0. The molecule has 0 aromatic heterocycles. The highest BCUT2D eigenvalue weighted by molar-refractivity contribution is 5.39. The van der Waals surface area contributed by atoms with Gasteiger partial charge >= 0.3 is 6.61 Å². The van der Waals surface area contributed by atoms with Crippen molar-refractivity contribution >= 4 is 0 Å². The molecule has 5 unspecified atom stereocenters. The maximum atomic E-state index is 14.5. The Morgan fingerprint density at radius 3 is 2.41 bits per heavy atom. The van der Waals surface area contributed by atoms with E-state index < -0.39 is 12.4 Å². The molecule has 3 aliphatic rings. The lowest BCUT2D eigenvalue weighted by molar-refractivity contribution is -0.0523. The van der Waals surface area contributed by atoms with Crippen molar-refractivity contribution in [2.24, 2.45) is 29.6 Å². The van der Waals surface area contributed by atoms with Crippen LogP contribution in [0.15, 0.2) is 12.1 Å². The van der Waals surface area contributed by atoms with Crippen molar-refractivity contribution in [3.05, 3.63) is 29.1 Å². The smallest absolute Gasteiger partial charge is 0.387 e. The van der Waals surface area contributed by atoms with Gasteiger partial charge in [0.2, 0.25) is 0 Å². The maximum absolute atomic E-state index is 14.5. The standard InChI is InChI=1S/C23H31F3O/c1-2-14-3-4-16-12-17(6-5-15(16)11-14)18-7-9-20-19(13-18)8-10-21(22(20)24)27-23(25)26/h8,10,14-18,23H,2-7,9,11-13H2,1H3. The van der Waals surface area contributed by atoms with Crippen molar-refractivity contribution < 1.29 is 17.9 Å². The van der Waals surface area contributed by atoms with Gasteiger partial charge in [-0.3, -0.25) is 0 Å². The van der Waals surface area contributed by atoms with Gasteiger partial charge in [-0.25, -0.2) is 4.39 Å². The minimum Gasteiger partial charge on any atom is -0.432 e. The van der Waals surface area contributed by atoms with E-state index in [9.17, 15) is 13.2 Å². The zero-order valence-electron chi connectivity index (χ0n) is 16.2. The van der Waals surface area contributed by atoms with E-state index in [0.717, 1.165) is 42.1 Å². The molecule has 0 bridgehead atoms. The largest absolute Gasteiger partial charge is 0.432 e. The fourth-order valence-electron chi connectivity index (χ4n) is 6.23. The van der Waals surface area contributed by atoms with Crippen LogP contribution in [-0.2, 0) is 12.8 Å². The molecule has 5 atom stereocenters. The molecule has 1 aromatic rings. The molecule has 2 saturated carbocycles. The first-order valence-electron chi connectivity index (χ1n) is 10.8. The Balaban J connectivity index is 1.41. The Kier molecular flexibility index (Phi) is 5.70. The maximum Gasteiger partial charge on any atom is 0.387 e. The number of alkyl halides is 2. The van der Waals surface area contributed by atoms with Gasteiger partial charge in [0.25, 0.3) is 0 Å². The van der Waals surface area contributed by atoms with Gasteiger partial charge in [-0.15, -0.1) is 0 Å². The van der Waals surface area contributed by atoms with E-state index in [1.54, 1.807) is 6.07 Å². The van der Waals surface area contributed by atoms with Crippen LogP contribution in [0.2, 0.25) is 0 Å². The van der Waals surface area contributed by atoms with E-state index in [4.69, 9.17) is 0 Å². The molecule has 0 aliphatic heterocycles. The number of hydrogen-bond donors (Lipinski definition) is 0. The zero-order chi connectivity index (χ0) is 19.0. The summed E-state index contributed by atoms with van der Waals surface area (Å²) in [4.78, 5) is 0. The molecule has 1 nitrogen and oxygen atoms in total. The van der Waals surface area contributed by atoms with Crippen molar-refractivity contribution in [1.29, 1.82) is 0 Å². The van der Waals surface area contributed by atoms with Crippen molar-refractivity contribution in [1.82, 2.24) is 0 Å². The van der Waals surface area contributed by atoms with E-state index in [2.05, 4.69) is 11.7 Å². The van der Waals surface area contributed by atoms with Crippen LogP contribution >= 0.6 is 0 Å². The van der Waals surface area contributed by atoms with E-state index in [1.807, 2.05) is 0 Å². The number of rotatable bonds is 4. The summed E-state index contributed by atoms with van der Waals surface area (Å²) in [5.41, 5.74) is 1.60. The Morgan fingerprint density at radius 1 is 0.963 bits per heavy atom. The lowest BCUT2D eigenvalue weighted by Gasteiger charge is -2.45.